The van der Waals surface area contributed by atoms with Crippen molar-refractivity contribution in [2.75, 3.05) is 5.32 Å². The maximum atomic E-state index is 11.3. The van der Waals surface area contributed by atoms with Crippen LogP contribution in [0.5, 0.6) is 0 Å². The molecule has 0 spiro atoms. The first kappa shape index (κ1) is 15.5. The fourth-order valence-corrected chi connectivity index (χ4v) is 3.14. The second-order valence-electron chi connectivity index (χ2n) is 4.94. The summed E-state index contributed by atoms with van der Waals surface area (Å²) in [4.78, 5) is 16.1. The molecule has 2 aromatic rings. The first-order valence-electron chi connectivity index (χ1n) is 7.15. The van der Waals surface area contributed by atoms with Crippen molar-refractivity contribution < 1.29 is 9.90 Å². The van der Waals surface area contributed by atoms with Gasteiger partial charge in [-0.3, -0.25) is 0 Å². The molecular weight excluding hydrogens is 284 g/mol. The van der Waals surface area contributed by atoms with Crippen LogP contribution < -0.4 is 5.32 Å². The average Bonchev–Trinajstić information content (AvgIpc) is 2.84. The van der Waals surface area contributed by atoms with Gasteiger partial charge in [-0.2, -0.15) is 0 Å². The quantitative estimate of drug-likeness (QED) is 0.830. The van der Waals surface area contributed by atoms with Gasteiger partial charge >= 0.3 is 5.97 Å². The summed E-state index contributed by atoms with van der Waals surface area (Å²) in [6.07, 6.45) is 2.49. The van der Waals surface area contributed by atoms with Crippen LogP contribution in [-0.2, 0) is 12.8 Å². The fourth-order valence-electron chi connectivity index (χ4n) is 2.29. The zero-order valence-corrected chi connectivity index (χ0v) is 13.4. The van der Waals surface area contributed by atoms with Gasteiger partial charge in [-0.25, -0.2) is 9.78 Å². The number of nitrogens with zero attached hydrogens (tertiary/aromatic N) is 1. The monoisotopic (exact) mass is 304 g/mol. The van der Waals surface area contributed by atoms with Gasteiger partial charge in [0.05, 0.1) is 5.69 Å². The lowest BCUT2D eigenvalue weighted by molar-refractivity contribution is 0.0700. The van der Waals surface area contributed by atoms with Gasteiger partial charge < -0.3 is 10.4 Å². The highest BCUT2D eigenvalue weighted by Crippen LogP contribution is 2.30. The van der Waals surface area contributed by atoms with E-state index < -0.39 is 5.97 Å². The van der Waals surface area contributed by atoms with Crippen LogP contribution in [0.2, 0.25) is 0 Å². The van der Waals surface area contributed by atoms with E-state index >= 15 is 0 Å². The van der Waals surface area contributed by atoms with E-state index in [1.807, 2.05) is 26.0 Å². The molecule has 1 aromatic heterocycles. The second kappa shape index (κ2) is 6.72. The highest BCUT2D eigenvalue weighted by atomic mass is 32.1. The SMILES string of the molecule is CCCc1nc(Nc2c(C)cccc2CC)sc1C(=O)O. The second-order valence-corrected chi connectivity index (χ2v) is 5.94. The summed E-state index contributed by atoms with van der Waals surface area (Å²) in [6, 6.07) is 6.15. The molecule has 21 heavy (non-hydrogen) atoms. The Bertz CT molecular complexity index is 650. The maximum absolute atomic E-state index is 11.3. The van der Waals surface area contributed by atoms with Gasteiger partial charge in [-0.1, -0.05) is 49.8 Å². The van der Waals surface area contributed by atoms with Crippen molar-refractivity contribution >= 4 is 28.1 Å². The number of hydrogen-bond acceptors (Lipinski definition) is 4. The minimum absolute atomic E-state index is 0.339. The Morgan fingerprint density at radius 1 is 1.38 bits per heavy atom. The van der Waals surface area contributed by atoms with Crippen molar-refractivity contribution in [1.82, 2.24) is 4.98 Å². The van der Waals surface area contributed by atoms with Crippen molar-refractivity contribution in [2.45, 2.75) is 40.0 Å². The third kappa shape index (κ3) is 3.42. The summed E-state index contributed by atoms with van der Waals surface area (Å²) in [7, 11) is 0. The van der Waals surface area contributed by atoms with E-state index in [9.17, 15) is 9.90 Å². The molecule has 0 saturated carbocycles. The van der Waals surface area contributed by atoms with E-state index in [1.165, 1.54) is 16.9 Å². The van der Waals surface area contributed by atoms with Crippen LogP contribution in [0.15, 0.2) is 18.2 Å². The van der Waals surface area contributed by atoms with Gasteiger partial charge in [0.2, 0.25) is 0 Å². The van der Waals surface area contributed by atoms with E-state index in [2.05, 4.69) is 23.3 Å². The van der Waals surface area contributed by atoms with Gasteiger partial charge in [-0.05, 0) is 30.9 Å². The number of carbonyl (C=O) groups is 1. The standard InChI is InChI=1S/C16H20N2O2S/c1-4-7-12-14(15(19)20)21-16(17-12)18-13-10(3)8-6-9-11(13)5-2/h6,8-9H,4-5,7H2,1-3H3,(H,17,18)(H,19,20). The average molecular weight is 304 g/mol. The minimum atomic E-state index is -0.899. The summed E-state index contributed by atoms with van der Waals surface area (Å²) in [5.74, 6) is -0.899. The number of aromatic carboxylic acids is 1. The molecule has 0 aliphatic rings. The van der Waals surface area contributed by atoms with Crippen LogP contribution in [0.3, 0.4) is 0 Å². The molecule has 0 bridgehead atoms. The number of aromatic nitrogens is 1. The van der Waals surface area contributed by atoms with Crippen LogP contribution in [-0.4, -0.2) is 16.1 Å². The minimum Gasteiger partial charge on any atom is -0.477 e. The van der Waals surface area contributed by atoms with E-state index in [0.29, 0.717) is 22.1 Å². The summed E-state index contributed by atoms with van der Waals surface area (Å²) >= 11 is 1.21. The van der Waals surface area contributed by atoms with Crippen molar-refractivity contribution in [3.8, 4) is 0 Å². The number of carboxylic acid groups (broad SMARTS) is 1. The Hall–Kier alpha value is -1.88. The molecule has 5 heteroatoms. The Kier molecular flexibility index (Phi) is 4.96. The molecule has 0 saturated heterocycles. The molecule has 1 aromatic carbocycles. The summed E-state index contributed by atoms with van der Waals surface area (Å²) in [6.45, 7) is 6.17. The van der Waals surface area contributed by atoms with Crippen molar-refractivity contribution in [1.29, 1.82) is 0 Å². The third-order valence-electron chi connectivity index (χ3n) is 3.35. The van der Waals surface area contributed by atoms with E-state index in [4.69, 9.17) is 0 Å². The Morgan fingerprint density at radius 2 is 2.14 bits per heavy atom. The number of nitrogens with one attached hydrogen (secondary N) is 1. The van der Waals surface area contributed by atoms with E-state index in [0.717, 1.165) is 24.1 Å². The number of anilines is 2. The topological polar surface area (TPSA) is 62.2 Å². The summed E-state index contributed by atoms with van der Waals surface area (Å²) in [5, 5.41) is 13.2. The molecule has 0 aliphatic carbocycles. The number of benzene rings is 1. The largest absolute Gasteiger partial charge is 0.477 e. The molecular formula is C16H20N2O2S. The molecule has 0 atom stereocenters. The first-order chi connectivity index (χ1) is 10.1. The predicted molar refractivity (Wildman–Crippen MR) is 86.9 cm³/mol. The number of thiazole rings is 1. The molecule has 2 N–H and O–H groups in total. The molecule has 4 nitrogen and oxygen atoms in total. The van der Waals surface area contributed by atoms with Gasteiger partial charge in [0.25, 0.3) is 0 Å². The molecule has 1 heterocycles. The molecule has 0 aliphatic heterocycles. The number of carboxylic acids is 1. The smallest absolute Gasteiger partial charge is 0.347 e. The normalized spacial score (nSPS) is 10.6. The zero-order chi connectivity index (χ0) is 15.4. The van der Waals surface area contributed by atoms with Crippen molar-refractivity contribution in [2.24, 2.45) is 0 Å². The van der Waals surface area contributed by atoms with Gasteiger partial charge in [-0.15, -0.1) is 0 Å². The number of para-hydroxylation sites is 1. The van der Waals surface area contributed by atoms with Crippen molar-refractivity contribution in [3.05, 3.63) is 39.9 Å². The highest BCUT2D eigenvalue weighted by Gasteiger charge is 2.17. The first-order valence-corrected chi connectivity index (χ1v) is 7.97. The van der Waals surface area contributed by atoms with Gasteiger partial charge in [0.1, 0.15) is 4.88 Å². The van der Waals surface area contributed by atoms with Gasteiger partial charge in [0, 0.05) is 5.69 Å². The maximum Gasteiger partial charge on any atom is 0.347 e. The Morgan fingerprint density at radius 3 is 2.76 bits per heavy atom. The van der Waals surface area contributed by atoms with E-state index in [1.54, 1.807) is 0 Å². The van der Waals surface area contributed by atoms with Crippen LogP contribution in [0.25, 0.3) is 0 Å². The van der Waals surface area contributed by atoms with Crippen LogP contribution in [0.4, 0.5) is 10.8 Å². The van der Waals surface area contributed by atoms with Crippen LogP contribution in [0.1, 0.15) is 46.8 Å². The van der Waals surface area contributed by atoms with Crippen LogP contribution in [0, 0.1) is 6.92 Å². The number of hydrogen-bond donors (Lipinski definition) is 2. The lowest BCUT2D eigenvalue weighted by Gasteiger charge is -2.11. The number of aryl methyl sites for hydroxylation is 3. The molecule has 0 unspecified atom stereocenters. The molecule has 112 valence electrons. The lowest BCUT2D eigenvalue weighted by Crippen LogP contribution is -1.99. The summed E-state index contributed by atoms with van der Waals surface area (Å²) in [5.41, 5.74) is 4.05. The fraction of sp³-hybridized carbons (Fsp3) is 0.375. The Balaban J connectivity index is 2.36. The third-order valence-corrected chi connectivity index (χ3v) is 4.35. The zero-order valence-electron chi connectivity index (χ0n) is 12.6. The highest BCUT2D eigenvalue weighted by molar-refractivity contribution is 7.17. The van der Waals surface area contributed by atoms with Crippen molar-refractivity contribution in [3.63, 3.8) is 0 Å². The number of rotatable bonds is 6. The molecule has 0 amide bonds. The Labute approximate surface area is 128 Å². The molecule has 0 fully saturated rings. The van der Waals surface area contributed by atoms with Crippen LogP contribution >= 0.6 is 11.3 Å². The van der Waals surface area contributed by atoms with Gasteiger partial charge in [0.15, 0.2) is 5.13 Å². The summed E-state index contributed by atoms with van der Waals surface area (Å²) < 4.78 is 0. The predicted octanol–water partition coefficient (Wildman–Crippen LogP) is 4.41. The lowest BCUT2D eigenvalue weighted by atomic mass is 10.1. The molecule has 2 rings (SSSR count). The molecule has 0 radical (unpaired) electrons. The van der Waals surface area contributed by atoms with E-state index in [-0.39, 0.29) is 0 Å².